The van der Waals surface area contributed by atoms with Gasteiger partial charge in [-0.05, 0) is 32.9 Å². The van der Waals surface area contributed by atoms with Gasteiger partial charge in [0.25, 0.3) is 0 Å². The minimum Gasteiger partial charge on any atom is -0.302 e. The first-order valence-corrected chi connectivity index (χ1v) is 7.87. The van der Waals surface area contributed by atoms with Crippen LogP contribution in [0.15, 0.2) is 0 Å². The number of imide groups is 2. The fourth-order valence-electron chi connectivity index (χ4n) is 3.45. The number of rotatable bonds is 5. The van der Waals surface area contributed by atoms with Crippen molar-refractivity contribution in [1.82, 2.24) is 15.1 Å². The molecule has 1 saturated heterocycles. The zero-order valence-corrected chi connectivity index (χ0v) is 13.1. The van der Waals surface area contributed by atoms with E-state index in [0.717, 1.165) is 25.9 Å². The van der Waals surface area contributed by atoms with Crippen molar-refractivity contribution < 1.29 is 14.4 Å². The fraction of sp³-hybridized carbons (Fsp3) is 0.800. The minimum atomic E-state index is -0.995. The van der Waals surface area contributed by atoms with E-state index in [2.05, 4.69) is 24.1 Å². The summed E-state index contributed by atoms with van der Waals surface area (Å²) in [6.07, 6.45) is 2.84. The van der Waals surface area contributed by atoms with Gasteiger partial charge in [0.2, 0.25) is 11.8 Å². The van der Waals surface area contributed by atoms with Gasteiger partial charge in [0.1, 0.15) is 5.41 Å². The van der Waals surface area contributed by atoms with Crippen molar-refractivity contribution in [2.45, 2.75) is 52.5 Å². The lowest BCUT2D eigenvalue weighted by molar-refractivity contribution is -0.152. The van der Waals surface area contributed by atoms with Crippen molar-refractivity contribution in [3.8, 4) is 0 Å². The summed E-state index contributed by atoms with van der Waals surface area (Å²) in [4.78, 5) is 40.5. The summed E-state index contributed by atoms with van der Waals surface area (Å²) in [5.41, 5.74) is -0.995. The summed E-state index contributed by atoms with van der Waals surface area (Å²) in [7, 11) is 0. The Labute approximate surface area is 125 Å². The quantitative estimate of drug-likeness (QED) is 0.777. The highest BCUT2D eigenvalue weighted by molar-refractivity contribution is 6.19. The first-order chi connectivity index (χ1) is 9.96. The van der Waals surface area contributed by atoms with Gasteiger partial charge in [0.05, 0.1) is 6.04 Å². The van der Waals surface area contributed by atoms with Gasteiger partial charge in [-0.1, -0.05) is 26.7 Å². The van der Waals surface area contributed by atoms with E-state index in [1.807, 2.05) is 6.92 Å². The Morgan fingerprint density at radius 1 is 1.19 bits per heavy atom. The standard InChI is InChI=1S/C15H25N3O3/c1-4-17(5-2)10-11(3)18-13(20)15(8-6-7-9-15)12(19)16-14(18)21/h11H,4-10H2,1-3H3,(H,16,19,21). The van der Waals surface area contributed by atoms with E-state index in [4.69, 9.17) is 0 Å². The largest absolute Gasteiger partial charge is 0.331 e. The first kappa shape index (κ1) is 15.9. The number of nitrogens with zero attached hydrogens (tertiary/aromatic N) is 2. The number of carbonyl (C=O) groups is 3. The maximum Gasteiger partial charge on any atom is 0.331 e. The first-order valence-electron chi connectivity index (χ1n) is 7.87. The molecule has 21 heavy (non-hydrogen) atoms. The van der Waals surface area contributed by atoms with Gasteiger partial charge in [-0.15, -0.1) is 0 Å². The number of nitrogens with one attached hydrogen (secondary N) is 1. The summed E-state index contributed by atoms with van der Waals surface area (Å²) in [6, 6.07) is -0.801. The second-order valence-corrected chi connectivity index (χ2v) is 6.06. The van der Waals surface area contributed by atoms with Crippen molar-refractivity contribution in [3.63, 3.8) is 0 Å². The second kappa shape index (κ2) is 6.13. The van der Waals surface area contributed by atoms with Crippen LogP contribution >= 0.6 is 0 Å². The van der Waals surface area contributed by atoms with Crippen LogP contribution in [0.4, 0.5) is 4.79 Å². The van der Waals surface area contributed by atoms with E-state index in [0.29, 0.717) is 19.4 Å². The Morgan fingerprint density at radius 2 is 1.76 bits per heavy atom. The molecule has 1 aliphatic heterocycles. The lowest BCUT2D eigenvalue weighted by atomic mass is 9.81. The molecule has 6 heteroatoms. The zero-order chi connectivity index (χ0) is 15.6. The molecule has 2 rings (SSSR count). The van der Waals surface area contributed by atoms with Crippen molar-refractivity contribution in [1.29, 1.82) is 0 Å². The van der Waals surface area contributed by atoms with Gasteiger partial charge >= 0.3 is 6.03 Å². The fourth-order valence-corrected chi connectivity index (χ4v) is 3.45. The van der Waals surface area contributed by atoms with E-state index in [9.17, 15) is 14.4 Å². The summed E-state index contributed by atoms with van der Waals surface area (Å²) in [5.74, 6) is -0.699. The van der Waals surface area contributed by atoms with Crippen LogP contribution in [-0.4, -0.2) is 53.3 Å². The molecule has 1 N–H and O–H groups in total. The van der Waals surface area contributed by atoms with E-state index >= 15 is 0 Å². The lowest BCUT2D eigenvalue weighted by Crippen LogP contribution is -2.66. The summed E-state index contributed by atoms with van der Waals surface area (Å²) in [5, 5.41) is 2.39. The number of urea groups is 1. The molecule has 1 saturated carbocycles. The molecule has 0 aromatic heterocycles. The van der Waals surface area contributed by atoms with Crippen LogP contribution in [0.1, 0.15) is 46.5 Å². The molecule has 0 aromatic carbocycles. The Bertz CT molecular complexity index is 439. The minimum absolute atomic E-state index is 0.233. The van der Waals surface area contributed by atoms with Gasteiger partial charge in [0, 0.05) is 6.54 Å². The predicted octanol–water partition coefficient (Wildman–Crippen LogP) is 1.36. The highest BCUT2D eigenvalue weighted by Crippen LogP contribution is 2.42. The van der Waals surface area contributed by atoms with Crippen LogP contribution in [0.3, 0.4) is 0 Å². The van der Waals surface area contributed by atoms with Gasteiger partial charge in [0.15, 0.2) is 0 Å². The van der Waals surface area contributed by atoms with Crippen LogP contribution in [0, 0.1) is 5.41 Å². The molecule has 0 radical (unpaired) electrons. The molecular weight excluding hydrogens is 270 g/mol. The average Bonchev–Trinajstić information content (AvgIpc) is 2.94. The second-order valence-electron chi connectivity index (χ2n) is 6.06. The highest BCUT2D eigenvalue weighted by Gasteiger charge is 2.55. The SMILES string of the molecule is CCN(CC)CC(C)N1C(=O)NC(=O)C2(CCCC2)C1=O. The lowest BCUT2D eigenvalue weighted by Gasteiger charge is -2.40. The molecule has 1 spiro atoms. The topological polar surface area (TPSA) is 69.7 Å². The molecular formula is C15H25N3O3. The third-order valence-electron chi connectivity index (χ3n) is 4.82. The van der Waals surface area contributed by atoms with Gasteiger partial charge in [-0.3, -0.25) is 19.8 Å². The molecule has 118 valence electrons. The Morgan fingerprint density at radius 3 is 2.29 bits per heavy atom. The normalized spacial score (nSPS) is 23.0. The van der Waals surface area contributed by atoms with Crippen LogP contribution in [0.5, 0.6) is 0 Å². The Kier molecular flexibility index (Phi) is 4.66. The van der Waals surface area contributed by atoms with E-state index in [1.54, 1.807) is 0 Å². The van der Waals surface area contributed by atoms with Crippen LogP contribution in [0.2, 0.25) is 0 Å². The molecule has 2 fully saturated rings. The number of hydrogen-bond donors (Lipinski definition) is 1. The maximum atomic E-state index is 12.8. The summed E-state index contributed by atoms with van der Waals surface area (Å²) < 4.78 is 0. The van der Waals surface area contributed by atoms with Crippen molar-refractivity contribution in [2.75, 3.05) is 19.6 Å². The number of hydrogen-bond acceptors (Lipinski definition) is 4. The van der Waals surface area contributed by atoms with E-state index in [1.165, 1.54) is 4.90 Å². The van der Waals surface area contributed by atoms with Gasteiger partial charge < -0.3 is 4.90 Å². The monoisotopic (exact) mass is 295 g/mol. The highest BCUT2D eigenvalue weighted by atomic mass is 16.2. The van der Waals surface area contributed by atoms with Crippen LogP contribution in [0.25, 0.3) is 0 Å². The van der Waals surface area contributed by atoms with Crippen LogP contribution < -0.4 is 5.32 Å². The molecule has 1 unspecified atom stereocenters. The van der Waals surface area contributed by atoms with Crippen molar-refractivity contribution >= 4 is 17.8 Å². The smallest absolute Gasteiger partial charge is 0.302 e. The predicted molar refractivity (Wildman–Crippen MR) is 78.5 cm³/mol. The Balaban J connectivity index is 2.19. The summed E-state index contributed by atoms with van der Waals surface area (Å²) >= 11 is 0. The molecule has 0 bridgehead atoms. The molecule has 1 aliphatic carbocycles. The van der Waals surface area contributed by atoms with E-state index in [-0.39, 0.29) is 11.9 Å². The van der Waals surface area contributed by atoms with Gasteiger partial charge in [-0.2, -0.15) is 0 Å². The maximum absolute atomic E-state index is 12.8. The van der Waals surface area contributed by atoms with Gasteiger partial charge in [-0.25, -0.2) is 4.79 Å². The number of amides is 4. The average molecular weight is 295 g/mol. The molecule has 1 atom stereocenters. The molecule has 0 aromatic rings. The van der Waals surface area contributed by atoms with E-state index < -0.39 is 17.4 Å². The number of carbonyl (C=O) groups excluding carboxylic acids is 3. The molecule has 4 amide bonds. The number of barbiturate groups is 1. The third-order valence-corrected chi connectivity index (χ3v) is 4.82. The molecule has 6 nitrogen and oxygen atoms in total. The third kappa shape index (κ3) is 2.69. The number of likely N-dealkylation sites (N-methyl/N-ethyl adjacent to an activating group) is 1. The van der Waals surface area contributed by atoms with Crippen molar-refractivity contribution in [3.05, 3.63) is 0 Å². The van der Waals surface area contributed by atoms with Crippen LogP contribution in [-0.2, 0) is 9.59 Å². The summed E-state index contributed by atoms with van der Waals surface area (Å²) in [6.45, 7) is 8.35. The van der Waals surface area contributed by atoms with Crippen molar-refractivity contribution in [2.24, 2.45) is 5.41 Å². The molecule has 1 heterocycles. The molecule has 2 aliphatic rings. The zero-order valence-electron chi connectivity index (χ0n) is 13.1. The Hall–Kier alpha value is -1.43.